The number of rotatable bonds is 8. The van der Waals surface area contributed by atoms with E-state index >= 15 is 0 Å². The van der Waals surface area contributed by atoms with Gasteiger partial charge in [-0.25, -0.2) is 0 Å². The molecule has 0 aliphatic carbocycles. The third kappa shape index (κ3) is 7.01. The minimum atomic E-state index is -1.96. The zero-order valence-electron chi connectivity index (χ0n) is 24.0. The van der Waals surface area contributed by atoms with Crippen LogP contribution in [0, 0.1) is 32.4 Å². The van der Waals surface area contributed by atoms with Gasteiger partial charge in [0.15, 0.2) is 0 Å². The van der Waals surface area contributed by atoms with E-state index in [9.17, 15) is 8.78 Å². The van der Waals surface area contributed by atoms with Gasteiger partial charge in [0, 0.05) is 0 Å². The zero-order chi connectivity index (χ0) is 28.5. The number of aromatic nitrogens is 1. The summed E-state index contributed by atoms with van der Waals surface area (Å²) in [4.78, 5) is 4.95. The van der Waals surface area contributed by atoms with Gasteiger partial charge in [-0.05, 0) is 0 Å². The van der Waals surface area contributed by atoms with Crippen molar-refractivity contribution in [2.75, 3.05) is 0 Å². The molecule has 0 radical (unpaired) electrons. The summed E-state index contributed by atoms with van der Waals surface area (Å²) >= 11 is -0.0561. The molecular weight excluding hydrogens is 638 g/mol. The second-order valence-electron chi connectivity index (χ2n) is 11.6. The predicted octanol–water partition coefficient (Wildman–Crippen LogP) is 7.71. The summed E-state index contributed by atoms with van der Waals surface area (Å²) in [6.07, 6.45) is 0.324. The molecule has 0 aliphatic rings. The first-order valence-electron chi connectivity index (χ1n) is 13.2. The van der Waals surface area contributed by atoms with Gasteiger partial charge in [-0.1, -0.05) is 0 Å². The molecule has 0 aliphatic heterocycles. The summed E-state index contributed by atoms with van der Waals surface area (Å²) in [6.45, 7) is 17.4. The van der Waals surface area contributed by atoms with Crippen LogP contribution in [-0.4, -0.2) is 42.8 Å². The fraction of sp³-hybridized carbons (Fsp3) is 0.344. The Hall–Kier alpha value is -2.01. The number of hydrogen-bond acceptors (Lipinski definition) is 2. The van der Waals surface area contributed by atoms with Crippen LogP contribution in [0.4, 0.5) is 8.78 Å². The van der Waals surface area contributed by atoms with Crippen LogP contribution in [-0.2, 0) is 6.42 Å². The summed E-state index contributed by atoms with van der Waals surface area (Å²) in [5.41, 5.74) is 4.60. The van der Waals surface area contributed by atoms with E-state index in [1.807, 2.05) is 6.92 Å². The van der Waals surface area contributed by atoms with Crippen LogP contribution in [0.15, 0.2) is 60.7 Å². The monoisotopic (exact) mass is 677 g/mol. The molecular formula is C32H37F2NOSe2Si. The van der Waals surface area contributed by atoms with E-state index in [0.29, 0.717) is 6.42 Å². The number of hydrogen-bond donors (Lipinski definition) is 0. The standard InChI is InChI=1S/C32H37F2NOSe2Si/c1-20-12-14-23(15-13-20)31-35-22(3)30(38-31)29(19-25-26(33)10-9-11-27(25)34)37-24-16-17-28(21(2)18-24)36-39(7,8)32(4,5)6/h9-18,29H,19H2,1-8H3. The molecule has 0 amide bonds. The molecule has 2 nitrogen and oxygen atoms in total. The number of nitrogens with zero attached hydrogens (tertiary/aromatic N) is 1. The fourth-order valence-electron chi connectivity index (χ4n) is 4.03. The Labute approximate surface area is 245 Å². The van der Waals surface area contributed by atoms with E-state index in [1.165, 1.54) is 32.7 Å². The molecule has 4 rings (SSSR count). The van der Waals surface area contributed by atoms with Crippen molar-refractivity contribution in [3.05, 3.63) is 99.1 Å². The van der Waals surface area contributed by atoms with E-state index in [2.05, 4.69) is 90.2 Å². The molecule has 0 bridgehead atoms. The third-order valence-corrected chi connectivity index (χ3v) is 17.9. The van der Waals surface area contributed by atoms with Crippen LogP contribution >= 0.6 is 0 Å². The Morgan fingerprint density at radius 3 is 2.18 bits per heavy atom. The number of halogens is 2. The third-order valence-electron chi connectivity index (χ3n) is 7.47. The molecule has 1 aromatic heterocycles. The van der Waals surface area contributed by atoms with Gasteiger partial charge in [0.05, 0.1) is 0 Å². The van der Waals surface area contributed by atoms with E-state index in [-0.39, 0.29) is 44.9 Å². The molecule has 206 valence electrons. The molecule has 4 aromatic rings. The topological polar surface area (TPSA) is 22.1 Å². The van der Waals surface area contributed by atoms with E-state index < -0.39 is 20.0 Å². The van der Waals surface area contributed by atoms with Gasteiger partial charge in [0.1, 0.15) is 0 Å². The second-order valence-corrected chi connectivity index (χ2v) is 21.2. The van der Waals surface area contributed by atoms with Gasteiger partial charge in [-0.3, -0.25) is 0 Å². The van der Waals surface area contributed by atoms with Gasteiger partial charge >= 0.3 is 246 Å². The van der Waals surface area contributed by atoms with Crippen molar-refractivity contribution in [2.45, 2.75) is 70.9 Å². The molecule has 1 atom stereocenters. The van der Waals surface area contributed by atoms with E-state index in [0.717, 1.165) is 27.1 Å². The first kappa shape index (κ1) is 30.0. The average molecular weight is 676 g/mol. The summed E-state index contributed by atoms with van der Waals surface area (Å²) < 4.78 is 39.7. The van der Waals surface area contributed by atoms with Gasteiger partial charge in [-0.15, -0.1) is 0 Å². The first-order chi connectivity index (χ1) is 18.2. The molecule has 0 saturated heterocycles. The van der Waals surface area contributed by atoms with Crippen LogP contribution in [0.5, 0.6) is 5.75 Å². The van der Waals surface area contributed by atoms with Crippen molar-refractivity contribution in [3.63, 3.8) is 0 Å². The van der Waals surface area contributed by atoms with Crippen LogP contribution < -0.4 is 8.89 Å². The van der Waals surface area contributed by atoms with Crippen molar-refractivity contribution in [2.24, 2.45) is 0 Å². The number of aryl methyl sites for hydroxylation is 3. The Morgan fingerprint density at radius 1 is 0.949 bits per heavy atom. The molecule has 1 heterocycles. The molecule has 1 unspecified atom stereocenters. The average Bonchev–Trinajstić information content (AvgIpc) is 3.23. The van der Waals surface area contributed by atoms with E-state index in [4.69, 9.17) is 9.41 Å². The van der Waals surface area contributed by atoms with Gasteiger partial charge in [0.25, 0.3) is 0 Å². The van der Waals surface area contributed by atoms with Crippen LogP contribution in [0.25, 0.3) is 10.1 Å². The summed E-state index contributed by atoms with van der Waals surface area (Å²) in [6, 6.07) is 19.0. The second kappa shape index (κ2) is 11.8. The summed E-state index contributed by atoms with van der Waals surface area (Å²) in [5.74, 6) is -0.0228. The zero-order valence-corrected chi connectivity index (χ0v) is 28.4. The molecule has 0 spiro atoms. The van der Waals surface area contributed by atoms with Crippen molar-refractivity contribution in [3.8, 4) is 15.9 Å². The molecule has 0 fully saturated rings. The Balaban J connectivity index is 1.69. The molecule has 7 heteroatoms. The number of benzene rings is 3. The Morgan fingerprint density at radius 2 is 1.59 bits per heavy atom. The van der Waals surface area contributed by atoms with Crippen LogP contribution in [0.1, 0.15) is 52.4 Å². The molecule has 0 saturated carbocycles. The maximum atomic E-state index is 14.8. The van der Waals surface area contributed by atoms with Gasteiger partial charge < -0.3 is 0 Å². The minimum absolute atomic E-state index is 0.00200. The molecule has 39 heavy (non-hydrogen) atoms. The summed E-state index contributed by atoms with van der Waals surface area (Å²) in [5, 5.41) is 0.112. The van der Waals surface area contributed by atoms with Gasteiger partial charge in [-0.2, -0.15) is 0 Å². The van der Waals surface area contributed by atoms with Crippen molar-refractivity contribution >= 4 is 42.2 Å². The maximum absolute atomic E-state index is 14.8. The fourth-order valence-corrected chi connectivity index (χ4v) is 11.0. The van der Waals surface area contributed by atoms with Crippen LogP contribution in [0.3, 0.4) is 0 Å². The van der Waals surface area contributed by atoms with E-state index in [1.54, 1.807) is 0 Å². The Bertz CT molecular complexity index is 1440. The first-order valence-corrected chi connectivity index (χ1v) is 19.7. The van der Waals surface area contributed by atoms with Crippen molar-refractivity contribution in [1.82, 2.24) is 4.98 Å². The SMILES string of the molecule is Cc1ccc(-c2nc(C)c(C(Cc3c(F)cccc3F)[Se]c3ccc(O[Si](C)(C)C(C)(C)C)c(C)c3)[se]2)cc1. The van der Waals surface area contributed by atoms with Crippen molar-refractivity contribution in [1.29, 1.82) is 0 Å². The molecule has 0 N–H and O–H groups in total. The Kier molecular flexibility index (Phi) is 9.10. The van der Waals surface area contributed by atoms with Gasteiger partial charge in [0.2, 0.25) is 0 Å². The summed E-state index contributed by atoms with van der Waals surface area (Å²) in [7, 11) is -1.96. The predicted molar refractivity (Wildman–Crippen MR) is 163 cm³/mol. The van der Waals surface area contributed by atoms with Crippen LogP contribution in [0.2, 0.25) is 18.1 Å². The molecule has 3 aromatic carbocycles. The normalized spacial score (nSPS) is 13.0. The quantitative estimate of drug-likeness (QED) is 0.179. The van der Waals surface area contributed by atoms with Crippen molar-refractivity contribution < 1.29 is 13.2 Å².